The molecule has 2 N–H and O–H groups in total. The van der Waals surface area contributed by atoms with Crippen LogP contribution in [0.15, 0.2) is 24.5 Å². The van der Waals surface area contributed by atoms with Crippen molar-refractivity contribution in [2.45, 2.75) is 0 Å². The first-order valence-electron chi connectivity index (χ1n) is 4.82. The van der Waals surface area contributed by atoms with Gasteiger partial charge < -0.3 is 10.1 Å². The van der Waals surface area contributed by atoms with Gasteiger partial charge in [0.25, 0.3) is 0 Å². The summed E-state index contributed by atoms with van der Waals surface area (Å²) >= 11 is 6.02. The lowest BCUT2D eigenvalue weighted by atomic mass is 10.1. The van der Waals surface area contributed by atoms with E-state index in [0.717, 1.165) is 10.8 Å². The highest BCUT2D eigenvalue weighted by atomic mass is 35.5. The van der Waals surface area contributed by atoms with E-state index in [-0.39, 0.29) is 5.69 Å². The van der Waals surface area contributed by atoms with Gasteiger partial charge >= 0.3 is 5.97 Å². The van der Waals surface area contributed by atoms with Crippen molar-refractivity contribution in [3.05, 3.63) is 35.4 Å². The number of carboxylic acid groups (broad SMARTS) is 1. The molecule has 0 aliphatic heterocycles. The number of fused-ring (bicyclic) bond motifs is 3. The molecule has 0 atom stereocenters. The summed E-state index contributed by atoms with van der Waals surface area (Å²) in [7, 11) is 0. The van der Waals surface area contributed by atoms with Crippen LogP contribution in [0.2, 0.25) is 5.15 Å². The van der Waals surface area contributed by atoms with Crippen LogP contribution in [-0.4, -0.2) is 26.0 Å². The van der Waals surface area contributed by atoms with E-state index in [0.29, 0.717) is 16.2 Å². The Bertz CT molecular complexity index is 751. The number of hydrogen-bond acceptors (Lipinski definition) is 3. The van der Waals surface area contributed by atoms with Gasteiger partial charge in [0.05, 0.1) is 0 Å². The van der Waals surface area contributed by atoms with Crippen LogP contribution in [-0.2, 0) is 0 Å². The topological polar surface area (TPSA) is 78.9 Å². The molecule has 3 aromatic heterocycles. The van der Waals surface area contributed by atoms with Crippen molar-refractivity contribution in [1.82, 2.24) is 15.0 Å². The highest BCUT2D eigenvalue weighted by Gasteiger charge is 2.12. The highest BCUT2D eigenvalue weighted by molar-refractivity contribution is 6.35. The number of carbonyl (C=O) groups is 1. The van der Waals surface area contributed by atoms with Crippen LogP contribution in [0.25, 0.3) is 21.8 Å². The molecule has 0 amide bonds. The molecule has 0 spiro atoms. The van der Waals surface area contributed by atoms with E-state index in [9.17, 15) is 4.79 Å². The minimum absolute atomic E-state index is 0.0833. The van der Waals surface area contributed by atoms with Gasteiger partial charge in [-0.2, -0.15) is 0 Å². The van der Waals surface area contributed by atoms with Crippen molar-refractivity contribution >= 4 is 39.4 Å². The van der Waals surface area contributed by atoms with Crippen molar-refractivity contribution in [2.24, 2.45) is 0 Å². The number of nitrogens with zero attached hydrogens (tertiary/aromatic N) is 2. The zero-order valence-electron chi connectivity index (χ0n) is 8.44. The first-order chi connectivity index (χ1) is 8.16. The van der Waals surface area contributed by atoms with Crippen LogP contribution >= 0.6 is 11.6 Å². The third kappa shape index (κ3) is 1.43. The predicted octanol–water partition coefficient (Wildman–Crippen LogP) is 2.46. The van der Waals surface area contributed by atoms with Gasteiger partial charge in [-0.15, -0.1) is 0 Å². The normalized spacial score (nSPS) is 11.1. The second kappa shape index (κ2) is 3.43. The Labute approximate surface area is 100 Å². The van der Waals surface area contributed by atoms with Gasteiger partial charge in [0, 0.05) is 28.6 Å². The standard InChI is InChI=1S/C11H6ClN3O2/c12-9-5-1-2-13-4-7(5)6-3-8(11(16)17)14-10(6)15-9/h1-4H,(H,14,15)(H,16,17). The lowest BCUT2D eigenvalue weighted by Crippen LogP contribution is -1.95. The molecule has 0 aliphatic rings. The van der Waals surface area contributed by atoms with Crippen molar-refractivity contribution in [3.63, 3.8) is 0 Å². The van der Waals surface area contributed by atoms with Crippen molar-refractivity contribution in [3.8, 4) is 0 Å². The van der Waals surface area contributed by atoms with E-state index in [1.54, 1.807) is 18.5 Å². The van der Waals surface area contributed by atoms with Gasteiger partial charge in [0.15, 0.2) is 0 Å². The molecule has 84 valence electrons. The summed E-state index contributed by atoms with van der Waals surface area (Å²) < 4.78 is 0. The Kier molecular flexibility index (Phi) is 2.02. The second-order valence-corrected chi connectivity index (χ2v) is 3.93. The fraction of sp³-hybridized carbons (Fsp3) is 0. The fourth-order valence-electron chi connectivity index (χ4n) is 1.80. The molecule has 0 aromatic carbocycles. The average Bonchev–Trinajstić information content (AvgIpc) is 2.73. The highest BCUT2D eigenvalue weighted by Crippen LogP contribution is 2.28. The molecule has 5 nitrogen and oxygen atoms in total. The van der Waals surface area contributed by atoms with Gasteiger partial charge in [-0.05, 0) is 12.1 Å². The van der Waals surface area contributed by atoms with Crippen LogP contribution in [0.1, 0.15) is 10.5 Å². The predicted molar refractivity (Wildman–Crippen MR) is 63.4 cm³/mol. The zero-order valence-corrected chi connectivity index (χ0v) is 9.19. The summed E-state index contributed by atoms with van der Waals surface area (Å²) in [6.45, 7) is 0. The molecule has 0 unspecified atom stereocenters. The van der Waals surface area contributed by atoms with Gasteiger partial charge in [-0.1, -0.05) is 11.6 Å². The lowest BCUT2D eigenvalue weighted by molar-refractivity contribution is 0.0691. The SMILES string of the molecule is O=C(O)c1cc2c(nc(Cl)c3ccncc32)[nH]1. The Morgan fingerprint density at radius 3 is 2.94 bits per heavy atom. The number of hydrogen-bond donors (Lipinski definition) is 2. The molecule has 17 heavy (non-hydrogen) atoms. The van der Waals surface area contributed by atoms with E-state index < -0.39 is 5.97 Å². The summed E-state index contributed by atoms with van der Waals surface area (Å²) in [6.07, 6.45) is 3.26. The summed E-state index contributed by atoms with van der Waals surface area (Å²) in [5.74, 6) is -1.03. The number of aromatic amines is 1. The van der Waals surface area contributed by atoms with Gasteiger partial charge in [0.2, 0.25) is 0 Å². The Morgan fingerprint density at radius 1 is 1.35 bits per heavy atom. The van der Waals surface area contributed by atoms with Crippen LogP contribution in [0.5, 0.6) is 0 Å². The van der Waals surface area contributed by atoms with Crippen molar-refractivity contribution in [2.75, 3.05) is 0 Å². The quantitative estimate of drug-likeness (QED) is 0.648. The smallest absolute Gasteiger partial charge is 0.352 e. The van der Waals surface area contributed by atoms with E-state index in [1.807, 2.05) is 0 Å². The van der Waals surface area contributed by atoms with E-state index in [2.05, 4.69) is 15.0 Å². The molecular weight excluding hydrogens is 242 g/mol. The number of H-pyrrole nitrogens is 1. The molecule has 3 rings (SSSR count). The summed E-state index contributed by atoms with van der Waals surface area (Å²) in [4.78, 5) is 21.7. The first kappa shape index (κ1) is 10.0. The number of aromatic carboxylic acids is 1. The molecule has 0 radical (unpaired) electrons. The summed E-state index contributed by atoms with van der Waals surface area (Å²) in [5, 5.41) is 11.5. The molecule has 0 bridgehead atoms. The molecule has 3 heterocycles. The number of pyridine rings is 2. The van der Waals surface area contributed by atoms with Crippen LogP contribution < -0.4 is 0 Å². The number of carboxylic acids is 1. The molecule has 0 saturated carbocycles. The number of nitrogens with one attached hydrogen (secondary N) is 1. The minimum atomic E-state index is -1.03. The maximum absolute atomic E-state index is 10.9. The lowest BCUT2D eigenvalue weighted by Gasteiger charge is -1.99. The van der Waals surface area contributed by atoms with E-state index in [1.165, 1.54) is 6.07 Å². The fourth-order valence-corrected chi connectivity index (χ4v) is 2.05. The molecule has 6 heteroatoms. The average molecular weight is 248 g/mol. The number of halogens is 1. The Balaban J connectivity index is 2.50. The largest absolute Gasteiger partial charge is 0.477 e. The molecule has 0 fully saturated rings. The Hall–Kier alpha value is -2.14. The summed E-state index contributed by atoms with van der Waals surface area (Å²) in [5.41, 5.74) is 0.535. The first-order valence-corrected chi connectivity index (χ1v) is 5.20. The molecule has 3 aromatic rings. The molecular formula is C11H6ClN3O2. The van der Waals surface area contributed by atoms with Crippen LogP contribution in [0, 0.1) is 0 Å². The van der Waals surface area contributed by atoms with Gasteiger partial charge in [0.1, 0.15) is 16.5 Å². The Morgan fingerprint density at radius 2 is 2.18 bits per heavy atom. The number of rotatable bonds is 1. The van der Waals surface area contributed by atoms with Gasteiger partial charge in [-0.3, -0.25) is 4.98 Å². The molecule has 0 aliphatic carbocycles. The third-order valence-corrected chi connectivity index (χ3v) is 2.86. The van der Waals surface area contributed by atoms with E-state index >= 15 is 0 Å². The van der Waals surface area contributed by atoms with Crippen molar-refractivity contribution < 1.29 is 9.90 Å². The van der Waals surface area contributed by atoms with Crippen LogP contribution in [0.4, 0.5) is 0 Å². The second-order valence-electron chi connectivity index (χ2n) is 3.57. The van der Waals surface area contributed by atoms with E-state index in [4.69, 9.17) is 16.7 Å². The monoisotopic (exact) mass is 247 g/mol. The maximum Gasteiger partial charge on any atom is 0.352 e. The minimum Gasteiger partial charge on any atom is -0.477 e. The maximum atomic E-state index is 10.9. The zero-order chi connectivity index (χ0) is 12.0. The molecule has 0 saturated heterocycles. The summed E-state index contributed by atoms with van der Waals surface area (Å²) in [6, 6.07) is 3.28. The third-order valence-electron chi connectivity index (χ3n) is 2.57. The van der Waals surface area contributed by atoms with Crippen LogP contribution in [0.3, 0.4) is 0 Å². The van der Waals surface area contributed by atoms with Gasteiger partial charge in [-0.25, -0.2) is 9.78 Å². The number of aromatic nitrogens is 3. The van der Waals surface area contributed by atoms with Crippen molar-refractivity contribution in [1.29, 1.82) is 0 Å².